The predicted octanol–water partition coefficient (Wildman–Crippen LogP) is 6.59. The van der Waals surface area contributed by atoms with Gasteiger partial charge in [-0.25, -0.2) is 0 Å². The van der Waals surface area contributed by atoms with E-state index in [1.54, 1.807) is 6.92 Å². The molecule has 0 aliphatic carbocycles. The zero-order valence-corrected chi connectivity index (χ0v) is 26.7. The van der Waals surface area contributed by atoms with Gasteiger partial charge in [0.25, 0.3) is 5.91 Å². The first kappa shape index (κ1) is 33.0. The molecule has 0 spiro atoms. The molecule has 0 saturated carbocycles. The molecule has 0 bridgehead atoms. The van der Waals surface area contributed by atoms with Crippen LogP contribution in [0.4, 0.5) is 0 Å². The topological polar surface area (TPSA) is 75.4 Å². The molecular weight excluding hydrogens is 581 g/mol. The number of benzene rings is 3. The summed E-state index contributed by atoms with van der Waals surface area (Å²) in [5.74, 6) is 0.186. The highest BCUT2D eigenvalue weighted by Crippen LogP contribution is 2.42. The van der Waals surface area contributed by atoms with Crippen molar-refractivity contribution in [2.75, 3.05) is 39.8 Å². The molecule has 2 amide bonds. The number of carbonyl (C=O) groups excluding carboxylic acids is 2. The van der Waals surface area contributed by atoms with Crippen LogP contribution in [0.5, 0.6) is 0 Å². The van der Waals surface area contributed by atoms with E-state index in [-0.39, 0.29) is 28.2 Å². The first-order chi connectivity index (χ1) is 20.2. The van der Waals surface area contributed by atoms with Gasteiger partial charge in [-0.3, -0.25) is 9.59 Å². The molecule has 0 aromatic heterocycles. The smallest absolute Gasteiger partial charge is 0.253 e. The van der Waals surface area contributed by atoms with Gasteiger partial charge in [0, 0.05) is 51.1 Å². The van der Waals surface area contributed by atoms with E-state index in [0.29, 0.717) is 16.6 Å². The van der Waals surface area contributed by atoms with Crippen molar-refractivity contribution in [1.82, 2.24) is 14.7 Å². The van der Waals surface area contributed by atoms with Crippen molar-refractivity contribution in [3.8, 4) is 0 Å². The maximum atomic E-state index is 13.5. The third kappa shape index (κ3) is 7.09. The molecule has 43 heavy (non-hydrogen) atoms. The van der Waals surface area contributed by atoms with Crippen molar-refractivity contribution in [3.63, 3.8) is 0 Å². The van der Waals surface area contributed by atoms with Crippen LogP contribution in [0, 0.1) is 0 Å². The van der Waals surface area contributed by atoms with Gasteiger partial charge in [-0.1, -0.05) is 77.8 Å². The van der Waals surface area contributed by atoms with E-state index in [1.165, 1.54) is 5.56 Å². The summed E-state index contributed by atoms with van der Waals surface area (Å²) in [5, 5.41) is 1.11. The quantitative estimate of drug-likeness (QED) is 0.284. The van der Waals surface area contributed by atoms with E-state index in [9.17, 15) is 9.59 Å². The van der Waals surface area contributed by atoms with Crippen molar-refractivity contribution in [1.29, 1.82) is 0 Å². The Morgan fingerprint density at radius 2 is 1.49 bits per heavy atom. The Kier molecular flexibility index (Phi) is 10.9. The molecule has 5 rings (SSSR count). The van der Waals surface area contributed by atoms with Gasteiger partial charge in [0.2, 0.25) is 5.91 Å². The number of hydrogen-bond acceptors (Lipinski definition) is 3. The Labute approximate surface area is 265 Å². The standard InChI is InChI=1S/C35H41Cl2N3O2.H2O/c1-27(41)38(2)35(29-13-7-4-8-14-29)19-23-39(24-20-35)21-9-17-34(30-15-16-31(36)32(37)25-30)18-10-22-40(26-34)33(42)28-11-5-3-6-12-28;/h3-8,11-16,25H,9-10,17-24,26H2,1-2H3;1H2/t34-;/m0./s1. The van der Waals surface area contributed by atoms with E-state index in [0.717, 1.165) is 75.8 Å². The molecule has 2 saturated heterocycles. The third-order valence-electron chi connectivity index (χ3n) is 9.66. The van der Waals surface area contributed by atoms with Gasteiger partial charge in [-0.15, -0.1) is 0 Å². The van der Waals surface area contributed by atoms with E-state index in [1.807, 2.05) is 65.4 Å². The summed E-state index contributed by atoms with van der Waals surface area (Å²) in [4.78, 5) is 32.5. The number of halogens is 2. The van der Waals surface area contributed by atoms with Crippen molar-refractivity contribution in [3.05, 3.63) is 106 Å². The molecular formula is C35H43Cl2N3O3. The highest BCUT2D eigenvalue weighted by atomic mass is 35.5. The number of rotatable bonds is 8. The number of nitrogens with zero attached hydrogens (tertiary/aromatic N) is 3. The van der Waals surface area contributed by atoms with Gasteiger partial charge in [0.15, 0.2) is 0 Å². The molecule has 3 aromatic carbocycles. The third-order valence-corrected chi connectivity index (χ3v) is 10.4. The second kappa shape index (κ2) is 14.3. The van der Waals surface area contributed by atoms with Gasteiger partial charge < -0.3 is 20.2 Å². The normalized spacial score (nSPS) is 20.2. The second-order valence-electron chi connectivity index (χ2n) is 12.0. The Balaban J connectivity index is 0.00000423. The molecule has 2 aliphatic rings. The van der Waals surface area contributed by atoms with Gasteiger partial charge in [0.05, 0.1) is 15.6 Å². The fourth-order valence-corrected chi connectivity index (χ4v) is 7.43. The lowest BCUT2D eigenvalue weighted by atomic mass is 9.70. The van der Waals surface area contributed by atoms with E-state index >= 15 is 0 Å². The number of hydrogen-bond donors (Lipinski definition) is 0. The fourth-order valence-electron chi connectivity index (χ4n) is 7.13. The van der Waals surface area contributed by atoms with Crippen LogP contribution in [0.15, 0.2) is 78.9 Å². The molecule has 1 atom stereocenters. The van der Waals surface area contributed by atoms with Crippen molar-refractivity contribution < 1.29 is 15.1 Å². The molecule has 2 N–H and O–H groups in total. The number of likely N-dealkylation sites (tertiary alicyclic amines) is 2. The van der Waals surface area contributed by atoms with Gasteiger partial charge in [-0.05, 0) is 80.5 Å². The van der Waals surface area contributed by atoms with Gasteiger partial charge >= 0.3 is 0 Å². The number of amides is 2. The van der Waals surface area contributed by atoms with E-state index < -0.39 is 0 Å². The molecule has 2 heterocycles. The summed E-state index contributed by atoms with van der Waals surface area (Å²) < 4.78 is 0. The lowest BCUT2D eigenvalue weighted by molar-refractivity contribution is -0.136. The van der Waals surface area contributed by atoms with Crippen LogP contribution in [0.25, 0.3) is 0 Å². The predicted molar refractivity (Wildman–Crippen MR) is 175 cm³/mol. The van der Waals surface area contributed by atoms with Crippen LogP contribution in [0.1, 0.15) is 66.9 Å². The summed E-state index contributed by atoms with van der Waals surface area (Å²) in [6.07, 6.45) is 5.73. The largest absolute Gasteiger partial charge is 0.412 e. The van der Waals surface area contributed by atoms with Crippen molar-refractivity contribution in [2.45, 2.75) is 56.4 Å². The Morgan fingerprint density at radius 1 is 0.837 bits per heavy atom. The minimum Gasteiger partial charge on any atom is -0.412 e. The fraction of sp³-hybridized carbons (Fsp3) is 0.429. The van der Waals surface area contributed by atoms with E-state index in [4.69, 9.17) is 23.2 Å². The summed E-state index contributed by atoms with van der Waals surface area (Å²) in [7, 11) is 1.94. The second-order valence-corrected chi connectivity index (χ2v) is 12.8. The van der Waals surface area contributed by atoms with Crippen LogP contribution >= 0.6 is 23.2 Å². The monoisotopic (exact) mass is 623 g/mol. The average Bonchev–Trinajstić information content (AvgIpc) is 3.03. The zero-order valence-electron chi connectivity index (χ0n) is 25.2. The highest BCUT2D eigenvalue weighted by molar-refractivity contribution is 6.42. The van der Waals surface area contributed by atoms with Crippen LogP contribution in [-0.4, -0.2) is 71.8 Å². The maximum Gasteiger partial charge on any atom is 0.253 e. The number of carbonyl (C=O) groups is 2. The molecule has 0 unspecified atom stereocenters. The first-order valence-electron chi connectivity index (χ1n) is 15.1. The summed E-state index contributed by atoms with van der Waals surface area (Å²) in [6, 6.07) is 26.0. The summed E-state index contributed by atoms with van der Waals surface area (Å²) in [5.41, 5.74) is 2.65. The molecule has 0 radical (unpaired) electrons. The van der Waals surface area contributed by atoms with Crippen LogP contribution in [0.2, 0.25) is 10.0 Å². The molecule has 6 nitrogen and oxygen atoms in total. The average molecular weight is 625 g/mol. The lowest BCUT2D eigenvalue weighted by Gasteiger charge is -2.48. The Hall–Kier alpha value is -2.90. The Bertz CT molecular complexity index is 1380. The zero-order chi connectivity index (χ0) is 29.7. The number of piperidine rings is 2. The maximum absolute atomic E-state index is 13.5. The van der Waals surface area contributed by atoms with Gasteiger partial charge in [0.1, 0.15) is 0 Å². The van der Waals surface area contributed by atoms with Crippen LogP contribution in [0.3, 0.4) is 0 Å². The van der Waals surface area contributed by atoms with Crippen LogP contribution < -0.4 is 0 Å². The molecule has 230 valence electrons. The summed E-state index contributed by atoms with van der Waals surface area (Å²) in [6.45, 7) is 5.93. The summed E-state index contributed by atoms with van der Waals surface area (Å²) >= 11 is 12.8. The molecule has 2 fully saturated rings. The lowest BCUT2D eigenvalue weighted by Crippen LogP contribution is -2.53. The minimum atomic E-state index is -0.271. The molecule has 2 aliphatic heterocycles. The highest BCUT2D eigenvalue weighted by Gasteiger charge is 2.42. The molecule has 8 heteroatoms. The van der Waals surface area contributed by atoms with E-state index in [2.05, 4.69) is 35.2 Å². The minimum absolute atomic E-state index is 0. The van der Waals surface area contributed by atoms with Crippen LogP contribution in [-0.2, 0) is 15.7 Å². The molecule has 3 aromatic rings. The Morgan fingerprint density at radius 3 is 2.12 bits per heavy atom. The van der Waals surface area contributed by atoms with Gasteiger partial charge in [-0.2, -0.15) is 0 Å². The van der Waals surface area contributed by atoms with Crippen molar-refractivity contribution >= 4 is 35.0 Å². The first-order valence-corrected chi connectivity index (χ1v) is 15.8. The van der Waals surface area contributed by atoms with Crippen molar-refractivity contribution in [2.24, 2.45) is 0 Å². The SMILES string of the molecule is CC(=O)N(C)C1(c2ccccc2)CCN(CCC[C@]2(c3ccc(Cl)c(Cl)c3)CCCN(C(=O)c3ccccc3)C2)CC1.O.